The average molecular weight is 353 g/mol. The third-order valence-corrected chi connectivity index (χ3v) is 5.22. The summed E-state index contributed by atoms with van der Waals surface area (Å²) >= 11 is 5.96. The summed E-state index contributed by atoms with van der Waals surface area (Å²) in [6, 6.07) is 9.12. The van der Waals surface area contributed by atoms with Crippen LogP contribution in [0.25, 0.3) is 11.1 Å². The summed E-state index contributed by atoms with van der Waals surface area (Å²) in [6.45, 7) is 0. The van der Waals surface area contributed by atoms with Crippen LogP contribution in [-0.4, -0.2) is 24.8 Å². The number of sulfonamides is 1. The Labute approximate surface area is 138 Å². The van der Waals surface area contributed by atoms with Crippen molar-refractivity contribution in [1.82, 2.24) is 4.98 Å². The van der Waals surface area contributed by atoms with E-state index in [0.717, 1.165) is 24.0 Å². The zero-order chi connectivity index (χ0) is 16.9. The number of aromatic nitrogens is 1. The van der Waals surface area contributed by atoms with Crippen LogP contribution in [0.4, 0.5) is 5.69 Å². The molecule has 1 fully saturated rings. The predicted octanol–water partition coefficient (Wildman–Crippen LogP) is 2.72. The molecule has 120 valence electrons. The Hall–Kier alpha value is -2.21. The third-order valence-electron chi connectivity index (χ3n) is 3.12. The third kappa shape index (κ3) is 4.89. The van der Waals surface area contributed by atoms with Gasteiger partial charge in [0.05, 0.1) is 17.1 Å². The lowest BCUT2D eigenvalue weighted by molar-refractivity contribution is -0.191. The first-order valence-corrected chi connectivity index (χ1v) is 8.60. The number of nitrogens with one attached hydrogen (secondary N) is 1. The van der Waals surface area contributed by atoms with Gasteiger partial charge in [-0.2, -0.15) is 9.59 Å². The van der Waals surface area contributed by atoms with Crippen molar-refractivity contribution in [3.63, 3.8) is 0 Å². The Balaban J connectivity index is 0.000000595. The van der Waals surface area contributed by atoms with E-state index in [0.29, 0.717) is 10.7 Å². The van der Waals surface area contributed by atoms with E-state index in [1.54, 1.807) is 18.3 Å². The fourth-order valence-corrected chi connectivity index (χ4v) is 3.50. The molecule has 0 unspecified atom stereocenters. The van der Waals surface area contributed by atoms with E-state index in [1.165, 1.54) is 6.20 Å². The number of hydrogen-bond acceptors (Lipinski definition) is 5. The van der Waals surface area contributed by atoms with Crippen LogP contribution in [0.5, 0.6) is 0 Å². The van der Waals surface area contributed by atoms with Gasteiger partial charge in [0.15, 0.2) is 0 Å². The van der Waals surface area contributed by atoms with E-state index in [9.17, 15) is 8.42 Å². The minimum Gasteiger partial charge on any atom is -0.282 e. The quantitative estimate of drug-likeness (QED) is 0.913. The Morgan fingerprint density at radius 2 is 1.83 bits per heavy atom. The summed E-state index contributed by atoms with van der Waals surface area (Å²) in [4.78, 5) is 20.3. The van der Waals surface area contributed by atoms with E-state index < -0.39 is 10.0 Å². The van der Waals surface area contributed by atoms with E-state index in [-0.39, 0.29) is 11.4 Å². The molecule has 1 aliphatic carbocycles. The lowest BCUT2D eigenvalue weighted by Crippen LogP contribution is -2.17. The van der Waals surface area contributed by atoms with Crippen LogP contribution in [0.2, 0.25) is 5.02 Å². The van der Waals surface area contributed by atoms with Gasteiger partial charge in [-0.1, -0.05) is 23.7 Å². The highest BCUT2D eigenvalue weighted by atomic mass is 35.5. The number of nitrogens with zero attached hydrogens (tertiary/aromatic N) is 1. The molecular weight excluding hydrogens is 340 g/mol. The van der Waals surface area contributed by atoms with Gasteiger partial charge in [-0.15, -0.1) is 0 Å². The minimum atomic E-state index is -3.26. The molecule has 0 atom stereocenters. The molecular formula is C15H13ClN2O4S. The molecule has 3 rings (SSSR count). The first-order chi connectivity index (χ1) is 11.0. The second kappa shape index (κ2) is 7.37. The van der Waals surface area contributed by atoms with Crippen molar-refractivity contribution >= 4 is 33.5 Å². The zero-order valence-corrected chi connectivity index (χ0v) is 13.5. The Kier molecular flexibility index (Phi) is 5.50. The van der Waals surface area contributed by atoms with E-state index in [1.807, 2.05) is 18.2 Å². The molecule has 8 heteroatoms. The summed E-state index contributed by atoms with van der Waals surface area (Å²) < 4.78 is 26.4. The SMILES string of the molecule is O=C=O.O=S(=O)(Nc1cncc(-c2cccc(Cl)c2)c1)C1CC1. The molecule has 0 radical (unpaired) electrons. The van der Waals surface area contributed by atoms with Gasteiger partial charge in [0, 0.05) is 16.8 Å². The summed E-state index contributed by atoms with van der Waals surface area (Å²) in [5.74, 6) is 0. The molecule has 0 amide bonds. The molecule has 23 heavy (non-hydrogen) atoms. The zero-order valence-electron chi connectivity index (χ0n) is 11.9. The predicted molar refractivity (Wildman–Crippen MR) is 85.3 cm³/mol. The standard InChI is InChI=1S/C14H13ClN2O2S.CO2/c15-12-3-1-2-10(6-12)11-7-13(9-16-8-11)17-20(18,19)14-4-5-14;2-1-3/h1-3,6-9,14,17H,4-5H2;. The van der Waals surface area contributed by atoms with E-state index in [4.69, 9.17) is 21.2 Å². The van der Waals surface area contributed by atoms with E-state index >= 15 is 0 Å². The van der Waals surface area contributed by atoms with Crippen LogP contribution in [0.3, 0.4) is 0 Å². The van der Waals surface area contributed by atoms with Crippen LogP contribution in [0.1, 0.15) is 12.8 Å². The van der Waals surface area contributed by atoms with Crippen molar-refractivity contribution in [1.29, 1.82) is 0 Å². The second-order valence-corrected chi connectivity index (χ2v) is 7.30. The Bertz CT molecular complexity index is 829. The van der Waals surface area contributed by atoms with Crippen molar-refractivity contribution in [2.45, 2.75) is 18.1 Å². The summed E-state index contributed by atoms with van der Waals surface area (Å²) in [5, 5.41) is 0.379. The van der Waals surface area contributed by atoms with Gasteiger partial charge >= 0.3 is 6.15 Å². The summed E-state index contributed by atoms with van der Waals surface area (Å²) in [7, 11) is -3.26. The molecule has 1 aromatic carbocycles. The molecule has 6 nitrogen and oxygen atoms in total. The summed E-state index contributed by atoms with van der Waals surface area (Å²) in [5.41, 5.74) is 2.20. The van der Waals surface area contributed by atoms with Gasteiger partial charge < -0.3 is 0 Å². The van der Waals surface area contributed by atoms with Gasteiger partial charge in [0.1, 0.15) is 0 Å². The maximum absolute atomic E-state index is 11.9. The number of hydrogen-bond donors (Lipinski definition) is 1. The van der Waals surface area contributed by atoms with Gasteiger partial charge in [0.25, 0.3) is 0 Å². The Morgan fingerprint density at radius 1 is 1.13 bits per heavy atom. The fraction of sp³-hybridized carbons (Fsp3) is 0.200. The topological polar surface area (TPSA) is 93.2 Å². The number of benzene rings is 1. The largest absolute Gasteiger partial charge is 0.373 e. The molecule has 1 heterocycles. The molecule has 0 aliphatic heterocycles. The van der Waals surface area contributed by atoms with Gasteiger partial charge in [0.2, 0.25) is 10.0 Å². The number of carbonyl (C=O) groups excluding carboxylic acids is 2. The lowest BCUT2D eigenvalue weighted by atomic mass is 10.1. The van der Waals surface area contributed by atoms with Crippen molar-refractivity contribution in [2.75, 3.05) is 4.72 Å². The highest BCUT2D eigenvalue weighted by molar-refractivity contribution is 7.93. The first-order valence-electron chi connectivity index (χ1n) is 6.68. The highest BCUT2D eigenvalue weighted by Crippen LogP contribution is 2.30. The average Bonchev–Trinajstić information content (AvgIpc) is 3.33. The van der Waals surface area contributed by atoms with Crippen molar-refractivity contribution in [3.05, 3.63) is 47.7 Å². The minimum absolute atomic E-state index is 0.250. The number of halogens is 1. The fourth-order valence-electron chi connectivity index (χ4n) is 1.95. The smallest absolute Gasteiger partial charge is 0.282 e. The molecule has 1 saturated carbocycles. The molecule has 1 aliphatic rings. The molecule has 0 bridgehead atoms. The number of anilines is 1. The van der Waals surface area contributed by atoms with E-state index in [2.05, 4.69) is 9.71 Å². The van der Waals surface area contributed by atoms with Crippen LogP contribution < -0.4 is 4.72 Å². The first kappa shape index (κ1) is 17.1. The second-order valence-electron chi connectivity index (χ2n) is 4.90. The monoisotopic (exact) mass is 352 g/mol. The Morgan fingerprint density at radius 3 is 2.43 bits per heavy atom. The van der Waals surface area contributed by atoms with Crippen molar-refractivity contribution in [3.8, 4) is 11.1 Å². The maximum Gasteiger partial charge on any atom is 0.373 e. The number of rotatable bonds is 4. The van der Waals surface area contributed by atoms with Crippen LogP contribution in [0, 0.1) is 0 Å². The van der Waals surface area contributed by atoms with Crippen LogP contribution >= 0.6 is 11.6 Å². The van der Waals surface area contributed by atoms with Crippen molar-refractivity contribution in [2.24, 2.45) is 0 Å². The van der Waals surface area contributed by atoms with Gasteiger partial charge in [-0.05, 0) is 36.6 Å². The van der Waals surface area contributed by atoms with Gasteiger partial charge in [-0.25, -0.2) is 8.42 Å². The maximum atomic E-state index is 11.9. The number of pyridine rings is 1. The summed E-state index contributed by atoms with van der Waals surface area (Å²) in [6.07, 6.45) is 4.90. The molecule has 0 saturated heterocycles. The highest BCUT2D eigenvalue weighted by Gasteiger charge is 2.35. The normalized spacial score (nSPS) is 13.4. The molecule has 0 spiro atoms. The molecule has 1 N–H and O–H groups in total. The van der Waals surface area contributed by atoms with Crippen LogP contribution in [-0.2, 0) is 19.6 Å². The molecule has 1 aromatic heterocycles. The van der Waals surface area contributed by atoms with Crippen LogP contribution in [0.15, 0.2) is 42.7 Å². The van der Waals surface area contributed by atoms with Crippen molar-refractivity contribution < 1.29 is 18.0 Å². The lowest BCUT2D eigenvalue weighted by Gasteiger charge is -2.08. The molecule has 2 aromatic rings. The van der Waals surface area contributed by atoms with Gasteiger partial charge in [-0.3, -0.25) is 9.71 Å².